The molecule has 3 rings (SSSR count). The number of benzene rings is 2. The highest BCUT2D eigenvalue weighted by Crippen LogP contribution is 2.35. The van der Waals surface area contributed by atoms with Crippen LogP contribution in [0.2, 0.25) is 0 Å². The fraction of sp³-hybridized carbons (Fsp3) is 0.263. The molecule has 1 aliphatic rings. The molecular weight excluding hydrogens is 308 g/mol. The zero-order valence-corrected chi connectivity index (χ0v) is 13.6. The standard InChI is InChI=1S/C19H18O5/c1-3-23-19(21)13-6-9-17-15(10-13)16(20)11-18(24-17)12-4-7-14(22-2)8-5-12/h4-10,18H,3,11H2,1-2H3. The SMILES string of the molecule is CCOC(=O)c1ccc2c(c1)C(=O)CC(c1ccc(OC)cc1)O2. The topological polar surface area (TPSA) is 61.8 Å². The Labute approximate surface area is 140 Å². The lowest BCUT2D eigenvalue weighted by Crippen LogP contribution is -2.21. The molecule has 0 saturated heterocycles. The van der Waals surface area contributed by atoms with Crippen molar-refractivity contribution in [2.24, 2.45) is 0 Å². The molecule has 1 aliphatic heterocycles. The zero-order valence-electron chi connectivity index (χ0n) is 13.6. The maximum Gasteiger partial charge on any atom is 0.338 e. The van der Waals surface area contributed by atoms with Gasteiger partial charge in [0.15, 0.2) is 5.78 Å². The summed E-state index contributed by atoms with van der Waals surface area (Å²) < 4.78 is 16.0. The number of fused-ring (bicyclic) bond motifs is 1. The van der Waals surface area contributed by atoms with Gasteiger partial charge in [-0.25, -0.2) is 4.79 Å². The third-order valence-electron chi connectivity index (χ3n) is 3.92. The number of hydrogen-bond donors (Lipinski definition) is 0. The van der Waals surface area contributed by atoms with Crippen molar-refractivity contribution in [3.63, 3.8) is 0 Å². The van der Waals surface area contributed by atoms with Crippen LogP contribution < -0.4 is 9.47 Å². The number of methoxy groups -OCH3 is 1. The second kappa shape index (κ2) is 6.74. The molecule has 0 spiro atoms. The molecule has 0 N–H and O–H groups in total. The van der Waals surface area contributed by atoms with E-state index in [4.69, 9.17) is 14.2 Å². The van der Waals surface area contributed by atoms with Gasteiger partial charge in [0.25, 0.3) is 0 Å². The summed E-state index contributed by atoms with van der Waals surface area (Å²) in [6.45, 7) is 2.03. The second-order valence-corrected chi connectivity index (χ2v) is 5.44. The molecule has 5 heteroatoms. The monoisotopic (exact) mass is 326 g/mol. The average Bonchev–Trinajstić information content (AvgIpc) is 2.61. The van der Waals surface area contributed by atoms with E-state index in [1.165, 1.54) is 0 Å². The van der Waals surface area contributed by atoms with Crippen LogP contribution in [0.4, 0.5) is 0 Å². The summed E-state index contributed by atoms with van der Waals surface area (Å²) in [6.07, 6.45) is -0.115. The molecule has 1 atom stereocenters. The van der Waals surface area contributed by atoms with Crippen LogP contribution in [0.25, 0.3) is 0 Å². The van der Waals surface area contributed by atoms with Gasteiger partial charge in [-0.1, -0.05) is 12.1 Å². The number of hydrogen-bond acceptors (Lipinski definition) is 5. The van der Waals surface area contributed by atoms with Gasteiger partial charge in [0, 0.05) is 0 Å². The average molecular weight is 326 g/mol. The summed E-state index contributed by atoms with van der Waals surface area (Å²) in [6, 6.07) is 12.2. The Balaban J connectivity index is 1.85. The van der Waals surface area contributed by atoms with Crippen LogP contribution in [0.5, 0.6) is 11.5 Å². The zero-order chi connectivity index (χ0) is 17.1. The van der Waals surface area contributed by atoms with Gasteiger partial charge in [-0.3, -0.25) is 4.79 Å². The van der Waals surface area contributed by atoms with Crippen LogP contribution in [-0.4, -0.2) is 25.5 Å². The number of ether oxygens (including phenoxy) is 3. The minimum Gasteiger partial charge on any atom is -0.497 e. The molecule has 24 heavy (non-hydrogen) atoms. The third-order valence-corrected chi connectivity index (χ3v) is 3.92. The summed E-state index contributed by atoms with van der Waals surface area (Å²) in [5.74, 6) is 0.745. The molecule has 2 aromatic carbocycles. The van der Waals surface area contributed by atoms with Crippen LogP contribution >= 0.6 is 0 Å². The van der Waals surface area contributed by atoms with E-state index in [-0.39, 0.29) is 18.3 Å². The van der Waals surface area contributed by atoms with E-state index in [1.807, 2.05) is 24.3 Å². The smallest absolute Gasteiger partial charge is 0.338 e. The van der Waals surface area contributed by atoms with Crippen LogP contribution in [0.3, 0.4) is 0 Å². The molecule has 0 radical (unpaired) electrons. The highest BCUT2D eigenvalue weighted by molar-refractivity contribution is 6.02. The molecular formula is C19H18O5. The van der Waals surface area contributed by atoms with Crippen molar-refractivity contribution in [1.29, 1.82) is 0 Å². The Bertz CT molecular complexity index is 764. The first-order valence-corrected chi connectivity index (χ1v) is 7.77. The van der Waals surface area contributed by atoms with Crippen LogP contribution in [0.15, 0.2) is 42.5 Å². The summed E-state index contributed by atoms with van der Waals surface area (Å²) >= 11 is 0. The molecule has 1 unspecified atom stereocenters. The first-order chi connectivity index (χ1) is 11.6. The number of Topliss-reactive ketones (excluding diaryl/α,β-unsaturated/α-hetero) is 1. The molecule has 0 fully saturated rings. The van der Waals surface area contributed by atoms with Gasteiger partial charge in [-0.15, -0.1) is 0 Å². The highest BCUT2D eigenvalue weighted by atomic mass is 16.5. The lowest BCUT2D eigenvalue weighted by molar-refractivity contribution is 0.0526. The van der Waals surface area contributed by atoms with Crippen molar-refractivity contribution >= 4 is 11.8 Å². The van der Waals surface area contributed by atoms with Crippen LogP contribution in [0.1, 0.15) is 45.7 Å². The van der Waals surface area contributed by atoms with Gasteiger partial charge in [0.05, 0.1) is 31.3 Å². The van der Waals surface area contributed by atoms with E-state index in [0.29, 0.717) is 23.5 Å². The fourth-order valence-corrected chi connectivity index (χ4v) is 2.67. The van der Waals surface area contributed by atoms with E-state index < -0.39 is 5.97 Å². The Morgan fingerprint density at radius 3 is 2.62 bits per heavy atom. The maximum absolute atomic E-state index is 12.5. The van der Waals surface area contributed by atoms with Crippen molar-refractivity contribution in [3.8, 4) is 11.5 Å². The molecule has 0 bridgehead atoms. The predicted molar refractivity (Wildman–Crippen MR) is 87.7 cm³/mol. The first-order valence-electron chi connectivity index (χ1n) is 7.77. The van der Waals surface area contributed by atoms with Gasteiger partial charge in [-0.05, 0) is 42.8 Å². The van der Waals surface area contributed by atoms with Gasteiger partial charge >= 0.3 is 5.97 Å². The Morgan fingerprint density at radius 2 is 1.96 bits per heavy atom. The van der Waals surface area contributed by atoms with Crippen molar-refractivity contribution in [2.75, 3.05) is 13.7 Å². The Kier molecular flexibility index (Phi) is 4.51. The van der Waals surface area contributed by atoms with Gasteiger partial charge in [0.1, 0.15) is 17.6 Å². The van der Waals surface area contributed by atoms with E-state index in [2.05, 4.69) is 0 Å². The summed E-state index contributed by atoms with van der Waals surface area (Å²) in [5, 5.41) is 0. The molecule has 0 amide bonds. The molecule has 1 heterocycles. The largest absolute Gasteiger partial charge is 0.497 e. The van der Waals surface area contributed by atoms with Crippen molar-refractivity contribution in [3.05, 3.63) is 59.2 Å². The predicted octanol–water partition coefficient (Wildman–Crippen LogP) is 3.58. The molecule has 2 aromatic rings. The van der Waals surface area contributed by atoms with E-state index in [0.717, 1.165) is 11.3 Å². The Morgan fingerprint density at radius 1 is 1.21 bits per heavy atom. The lowest BCUT2D eigenvalue weighted by atomic mass is 9.95. The molecule has 0 aromatic heterocycles. The summed E-state index contributed by atoms with van der Waals surface area (Å²) in [5.41, 5.74) is 1.69. The van der Waals surface area contributed by atoms with Crippen molar-refractivity contribution < 1.29 is 23.8 Å². The Hall–Kier alpha value is -2.82. The summed E-state index contributed by atoms with van der Waals surface area (Å²) in [7, 11) is 1.60. The molecule has 5 nitrogen and oxygen atoms in total. The fourth-order valence-electron chi connectivity index (χ4n) is 2.67. The van der Waals surface area contributed by atoms with E-state index in [9.17, 15) is 9.59 Å². The summed E-state index contributed by atoms with van der Waals surface area (Å²) in [4.78, 5) is 24.3. The van der Waals surface area contributed by atoms with Crippen LogP contribution in [0, 0.1) is 0 Å². The van der Waals surface area contributed by atoms with E-state index in [1.54, 1.807) is 32.2 Å². The second-order valence-electron chi connectivity index (χ2n) is 5.44. The van der Waals surface area contributed by atoms with Gasteiger partial charge < -0.3 is 14.2 Å². The van der Waals surface area contributed by atoms with Crippen molar-refractivity contribution in [2.45, 2.75) is 19.4 Å². The maximum atomic E-state index is 12.5. The molecule has 0 saturated carbocycles. The molecule has 124 valence electrons. The highest BCUT2D eigenvalue weighted by Gasteiger charge is 2.28. The van der Waals surface area contributed by atoms with Crippen molar-refractivity contribution in [1.82, 2.24) is 0 Å². The number of ketones is 1. The quantitative estimate of drug-likeness (QED) is 0.804. The number of rotatable bonds is 4. The normalized spacial score (nSPS) is 16.1. The lowest BCUT2D eigenvalue weighted by Gasteiger charge is -2.26. The van der Waals surface area contributed by atoms with Gasteiger partial charge in [0.2, 0.25) is 0 Å². The van der Waals surface area contributed by atoms with Gasteiger partial charge in [-0.2, -0.15) is 0 Å². The number of carbonyl (C=O) groups excluding carboxylic acids is 2. The number of esters is 1. The molecule has 0 aliphatic carbocycles. The minimum absolute atomic E-state index is 0.0526. The van der Waals surface area contributed by atoms with E-state index >= 15 is 0 Å². The van der Waals surface area contributed by atoms with Crippen LogP contribution in [-0.2, 0) is 4.74 Å². The minimum atomic E-state index is -0.439. The third kappa shape index (κ3) is 3.11. The first kappa shape index (κ1) is 16.1. The number of carbonyl (C=O) groups is 2.